The van der Waals surface area contributed by atoms with Gasteiger partial charge in [0.2, 0.25) is 0 Å². The second-order valence-corrected chi connectivity index (χ2v) is 3.82. The quantitative estimate of drug-likeness (QED) is 0.590. The topological polar surface area (TPSA) is 29.5 Å². The molecule has 0 aliphatic carbocycles. The number of halogens is 1. The predicted octanol–water partition coefficient (Wildman–Crippen LogP) is -0.400. The molecule has 11 heavy (non-hydrogen) atoms. The van der Waals surface area contributed by atoms with Gasteiger partial charge in [0.25, 0.3) is 0 Å². The van der Waals surface area contributed by atoms with Gasteiger partial charge in [0.05, 0.1) is 0 Å². The van der Waals surface area contributed by atoms with E-state index in [0.29, 0.717) is 13.0 Å². The van der Waals surface area contributed by atoms with Crippen molar-refractivity contribution in [1.82, 2.24) is 0 Å². The summed E-state index contributed by atoms with van der Waals surface area (Å²) in [6.45, 7) is 0.436. The van der Waals surface area contributed by atoms with Gasteiger partial charge in [-0.2, -0.15) is 0 Å². The fourth-order valence-corrected chi connectivity index (χ4v) is 2.12. The molecule has 1 saturated heterocycles. The first-order chi connectivity index (χ1) is 5.24. The van der Waals surface area contributed by atoms with E-state index in [0.717, 1.165) is 0 Å². The van der Waals surface area contributed by atoms with Crippen molar-refractivity contribution in [2.24, 2.45) is 0 Å². The first kappa shape index (κ1) is 9.26. The van der Waals surface area contributed by atoms with Gasteiger partial charge in [0, 0.05) is 0 Å². The third-order valence-corrected chi connectivity index (χ3v) is 2.82. The molecule has 1 aliphatic heterocycles. The van der Waals surface area contributed by atoms with Crippen LogP contribution in [0.25, 0.3) is 0 Å². The number of thioether (sulfide) groups is 1. The van der Waals surface area contributed by atoms with Crippen LogP contribution in [0, 0.1) is 0 Å². The molecule has 3 atom stereocenters. The van der Waals surface area contributed by atoms with Crippen LogP contribution in [0.15, 0.2) is 0 Å². The first-order valence-corrected chi connectivity index (χ1v) is 4.38. The summed E-state index contributed by atoms with van der Waals surface area (Å²) >= 11 is 1.22. The standard InChI is InChI=1S/C5H9B2FO2S/c6-7-10-2-3-1-4(8)5(9)11-3/h3-6,9H,1-2H2/t3-,4-,5?/m0/s1. The van der Waals surface area contributed by atoms with E-state index in [-0.39, 0.29) is 5.25 Å². The summed E-state index contributed by atoms with van der Waals surface area (Å²) in [7, 11) is 4.70. The minimum atomic E-state index is -1.10. The maximum atomic E-state index is 12.6. The average Bonchev–Trinajstić information content (AvgIpc) is 2.28. The van der Waals surface area contributed by atoms with Gasteiger partial charge in [-0.3, -0.25) is 0 Å². The third kappa shape index (κ3) is 2.60. The molecule has 6 heteroatoms. The molecule has 0 aromatic rings. The fraction of sp³-hybridized carbons (Fsp3) is 1.00. The Labute approximate surface area is 70.8 Å². The van der Waals surface area contributed by atoms with Gasteiger partial charge in [-0.05, 0) is 0 Å². The van der Waals surface area contributed by atoms with Crippen molar-refractivity contribution in [2.75, 3.05) is 6.61 Å². The zero-order chi connectivity index (χ0) is 8.27. The van der Waals surface area contributed by atoms with E-state index in [9.17, 15) is 4.39 Å². The fourth-order valence-electron chi connectivity index (χ4n) is 0.988. The normalized spacial score (nSPS) is 36.6. The van der Waals surface area contributed by atoms with Gasteiger partial charge in [-0.1, -0.05) is 0 Å². The maximum absolute atomic E-state index is 12.6. The van der Waals surface area contributed by atoms with E-state index in [1.54, 1.807) is 0 Å². The van der Waals surface area contributed by atoms with Crippen LogP contribution in [-0.4, -0.2) is 42.9 Å². The van der Waals surface area contributed by atoms with Crippen molar-refractivity contribution < 1.29 is 14.2 Å². The molecule has 1 rings (SSSR count). The Morgan fingerprint density at radius 2 is 2.55 bits per heavy atom. The van der Waals surface area contributed by atoms with Crippen LogP contribution in [0.1, 0.15) is 6.42 Å². The molecular formula is C5H9B2FO2S. The molecule has 1 fully saturated rings. The molecule has 0 amide bonds. The Morgan fingerprint density at radius 1 is 1.82 bits per heavy atom. The van der Waals surface area contributed by atoms with Crippen LogP contribution in [0.3, 0.4) is 0 Å². The van der Waals surface area contributed by atoms with E-state index in [1.165, 1.54) is 18.8 Å². The van der Waals surface area contributed by atoms with Gasteiger partial charge in [-0.25, -0.2) is 0 Å². The molecule has 2 nitrogen and oxygen atoms in total. The number of hydrogen-bond acceptors (Lipinski definition) is 3. The number of hydrogen-bond donors (Lipinski definition) is 1. The van der Waals surface area contributed by atoms with Gasteiger partial charge in [0.15, 0.2) is 0 Å². The predicted molar refractivity (Wildman–Crippen MR) is 45.8 cm³/mol. The SMILES string of the molecule is B=BOC[C@@H]1C[C@H](F)C(O)S1. The van der Waals surface area contributed by atoms with Crippen molar-refractivity contribution in [3.05, 3.63) is 0 Å². The molecule has 0 bridgehead atoms. The van der Waals surface area contributed by atoms with Gasteiger partial charge < -0.3 is 0 Å². The van der Waals surface area contributed by atoms with E-state index >= 15 is 0 Å². The number of alkyl halides is 1. The van der Waals surface area contributed by atoms with Gasteiger partial charge in [0.1, 0.15) is 0 Å². The summed E-state index contributed by atoms with van der Waals surface area (Å²) in [4.78, 5) is 0. The zero-order valence-electron chi connectivity index (χ0n) is 6.07. The van der Waals surface area contributed by atoms with Gasteiger partial charge in [-0.15, -0.1) is 0 Å². The second kappa shape index (κ2) is 4.26. The van der Waals surface area contributed by atoms with Crippen molar-refractivity contribution in [2.45, 2.75) is 23.3 Å². The van der Waals surface area contributed by atoms with Crippen molar-refractivity contribution in [3.8, 4) is 0 Å². The summed E-state index contributed by atoms with van der Waals surface area (Å²) in [6.07, 6.45) is -0.724. The van der Waals surface area contributed by atoms with Crippen LogP contribution in [0.2, 0.25) is 0 Å². The number of aliphatic hydroxyl groups excluding tert-OH is 1. The van der Waals surface area contributed by atoms with Crippen LogP contribution in [0.5, 0.6) is 0 Å². The molecule has 1 unspecified atom stereocenters. The Kier molecular flexibility index (Phi) is 3.59. The molecule has 0 aromatic carbocycles. The van der Waals surface area contributed by atoms with E-state index < -0.39 is 11.6 Å². The summed E-state index contributed by atoms with van der Waals surface area (Å²) in [5.74, 6) is 0. The minimum absolute atomic E-state index is 0.0676. The summed E-state index contributed by atoms with van der Waals surface area (Å²) in [5, 5.41) is 9.04. The van der Waals surface area contributed by atoms with E-state index in [2.05, 4.69) is 7.37 Å². The molecule has 1 heterocycles. The van der Waals surface area contributed by atoms with Crippen LogP contribution < -0.4 is 0 Å². The zero-order valence-corrected chi connectivity index (χ0v) is 6.89. The van der Waals surface area contributed by atoms with E-state index in [4.69, 9.17) is 9.76 Å². The Balaban J connectivity index is 2.23. The molecule has 0 saturated carbocycles. The summed E-state index contributed by atoms with van der Waals surface area (Å²) in [5.41, 5.74) is -0.867. The molecule has 1 aliphatic rings. The molecule has 60 valence electrons. The number of aliphatic hydroxyl groups is 1. The molecule has 0 spiro atoms. The first-order valence-electron chi connectivity index (χ1n) is 3.44. The molecule has 1 N–H and O–H groups in total. The van der Waals surface area contributed by atoms with Crippen molar-refractivity contribution in [1.29, 1.82) is 0 Å². The molecular weight excluding hydrogens is 165 g/mol. The van der Waals surface area contributed by atoms with E-state index in [1.807, 2.05) is 0 Å². The number of rotatable bonds is 3. The average molecular weight is 174 g/mol. The van der Waals surface area contributed by atoms with Crippen molar-refractivity contribution >= 4 is 26.1 Å². The summed E-state index contributed by atoms with van der Waals surface area (Å²) in [6, 6.07) is 0. The summed E-state index contributed by atoms with van der Waals surface area (Å²) < 4.78 is 17.5. The monoisotopic (exact) mass is 174 g/mol. The molecule has 0 aromatic heterocycles. The Hall–Kier alpha value is 0.170. The Bertz CT molecular complexity index is 138. The van der Waals surface area contributed by atoms with Crippen LogP contribution >= 0.6 is 11.8 Å². The van der Waals surface area contributed by atoms with Crippen LogP contribution in [0.4, 0.5) is 4.39 Å². The van der Waals surface area contributed by atoms with Crippen molar-refractivity contribution in [3.63, 3.8) is 0 Å². The molecule has 0 radical (unpaired) electrons. The Morgan fingerprint density at radius 3 is 3.00 bits per heavy atom. The van der Waals surface area contributed by atoms with Crippen LogP contribution in [-0.2, 0) is 4.65 Å². The third-order valence-electron chi connectivity index (χ3n) is 1.53. The van der Waals surface area contributed by atoms with Gasteiger partial charge >= 0.3 is 70.2 Å². The second-order valence-electron chi connectivity index (χ2n) is 2.40.